The minimum atomic E-state index is -3.25. The molecule has 0 bridgehead atoms. The number of nitrogens with two attached hydrogens (primary N) is 1. The fourth-order valence-electron chi connectivity index (χ4n) is 9.15. The number of Topliss-reactive ketones (excluding diaryl/α,β-unsaturated/α-hetero) is 2. The zero-order valence-electron chi connectivity index (χ0n) is 39.6. The molecule has 5 amide bonds. The van der Waals surface area contributed by atoms with Gasteiger partial charge >= 0.3 is 18.5 Å². The van der Waals surface area contributed by atoms with E-state index in [1.54, 1.807) is 28.0 Å². The number of piperidine rings is 2. The van der Waals surface area contributed by atoms with Gasteiger partial charge in [0.2, 0.25) is 0 Å². The molecule has 0 radical (unpaired) electrons. The van der Waals surface area contributed by atoms with E-state index >= 15 is 4.39 Å². The summed E-state index contributed by atoms with van der Waals surface area (Å²) in [5.74, 6) is -2.59. The summed E-state index contributed by atoms with van der Waals surface area (Å²) in [6.07, 6.45) is 4.02. The van der Waals surface area contributed by atoms with Crippen LogP contribution in [0.5, 0.6) is 11.5 Å². The summed E-state index contributed by atoms with van der Waals surface area (Å²) in [4.78, 5) is 69.1. The molecule has 2 saturated heterocycles. The fraction of sp³-hybridized carbons (Fsp3) is 0.442. The second-order valence-electron chi connectivity index (χ2n) is 19.1. The Labute approximate surface area is 399 Å². The lowest BCUT2D eigenvalue weighted by atomic mass is 10.0. The maximum atomic E-state index is 15.2. The Balaban J connectivity index is 0.000000206. The second-order valence-corrected chi connectivity index (χ2v) is 19.1. The van der Waals surface area contributed by atoms with Crippen molar-refractivity contribution < 1.29 is 51.0 Å². The molecule has 4 aliphatic rings. The minimum absolute atomic E-state index is 0.0402. The number of carbonyl (C=O) groups excluding carboxylic acids is 5. The van der Waals surface area contributed by atoms with Gasteiger partial charge in [0.1, 0.15) is 34.3 Å². The molecule has 368 valence electrons. The van der Waals surface area contributed by atoms with E-state index < -0.39 is 41.9 Å². The summed E-state index contributed by atoms with van der Waals surface area (Å²) in [5, 5.41) is 1.82. The number of alkyl halides is 2. The number of hydrogen-bond donors (Lipinski definition) is 2. The first kappa shape index (κ1) is 50.4. The van der Waals surface area contributed by atoms with Crippen molar-refractivity contribution in [1.82, 2.24) is 15.1 Å². The van der Waals surface area contributed by atoms with Gasteiger partial charge in [-0.1, -0.05) is 48.5 Å². The van der Waals surface area contributed by atoms with E-state index in [4.69, 9.17) is 15.2 Å². The van der Waals surface area contributed by atoms with Crippen molar-refractivity contribution in [2.24, 2.45) is 5.73 Å². The van der Waals surface area contributed by atoms with E-state index in [-0.39, 0.29) is 59.8 Å². The van der Waals surface area contributed by atoms with E-state index in [0.29, 0.717) is 61.0 Å². The number of anilines is 2. The second kappa shape index (κ2) is 21.4. The number of amides is 5. The quantitative estimate of drug-likeness (QED) is 0.105. The van der Waals surface area contributed by atoms with Crippen molar-refractivity contribution in [2.45, 2.75) is 110 Å². The van der Waals surface area contributed by atoms with Crippen LogP contribution in [0.2, 0.25) is 0 Å². The fourth-order valence-corrected chi connectivity index (χ4v) is 9.15. The summed E-state index contributed by atoms with van der Waals surface area (Å²) in [6, 6.07) is 19.0. The van der Waals surface area contributed by atoms with Crippen LogP contribution in [0.4, 0.5) is 38.5 Å². The molecule has 0 unspecified atom stereocenters. The van der Waals surface area contributed by atoms with Gasteiger partial charge in [0, 0.05) is 72.4 Å². The molecule has 4 aromatic rings. The third kappa shape index (κ3) is 12.0. The first-order valence-corrected chi connectivity index (χ1v) is 23.5. The molecule has 0 aromatic heterocycles. The Kier molecular flexibility index (Phi) is 15.7. The lowest BCUT2D eigenvalue weighted by Gasteiger charge is -2.34. The van der Waals surface area contributed by atoms with E-state index in [2.05, 4.69) is 0 Å². The number of benzene rings is 4. The van der Waals surface area contributed by atoms with Gasteiger partial charge in [-0.2, -0.15) is 8.78 Å². The zero-order valence-corrected chi connectivity index (χ0v) is 39.6. The number of carbonyl (C=O) groups is 5. The Morgan fingerprint density at radius 1 is 0.638 bits per heavy atom. The van der Waals surface area contributed by atoms with E-state index in [0.717, 1.165) is 62.1 Å². The first-order chi connectivity index (χ1) is 32.8. The van der Waals surface area contributed by atoms with Gasteiger partial charge in [0.05, 0.1) is 37.6 Å². The minimum Gasteiger partial charge on any atom is -0.485 e. The summed E-state index contributed by atoms with van der Waals surface area (Å²) >= 11 is 0. The van der Waals surface area contributed by atoms with E-state index in [1.165, 1.54) is 23.1 Å². The molecule has 4 aromatic carbocycles. The van der Waals surface area contributed by atoms with Crippen LogP contribution in [-0.4, -0.2) is 96.2 Å². The molecule has 0 saturated carbocycles. The van der Waals surface area contributed by atoms with Crippen LogP contribution in [-0.2, 0) is 30.7 Å². The van der Waals surface area contributed by atoms with Crippen molar-refractivity contribution in [3.8, 4) is 11.5 Å². The van der Waals surface area contributed by atoms with Crippen LogP contribution in [0.25, 0.3) is 0 Å². The zero-order chi connectivity index (χ0) is 49.6. The average molecular weight is 957 g/mol. The van der Waals surface area contributed by atoms with Crippen molar-refractivity contribution in [1.29, 1.82) is 0 Å². The Bertz CT molecular complexity index is 2580. The van der Waals surface area contributed by atoms with Gasteiger partial charge < -0.3 is 30.3 Å². The summed E-state index contributed by atoms with van der Waals surface area (Å²) in [7, 11) is 0. The number of halogens is 4. The van der Waals surface area contributed by atoms with Crippen molar-refractivity contribution in [3.63, 3.8) is 0 Å². The maximum absolute atomic E-state index is 15.2. The number of nitrogens with one attached hydrogen (secondary N) is 1. The van der Waals surface area contributed by atoms with E-state index in [9.17, 15) is 37.1 Å². The van der Waals surface area contributed by atoms with Crippen molar-refractivity contribution in [2.75, 3.05) is 49.1 Å². The first-order valence-electron chi connectivity index (χ1n) is 23.5. The van der Waals surface area contributed by atoms with Crippen LogP contribution in [0.3, 0.4) is 0 Å². The van der Waals surface area contributed by atoms with Crippen molar-refractivity contribution in [3.05, 3.63) is 118 Å². The summed E-state index contributed by atoms with van der Waals surface area (Å²) < 4.78 is 67.2. The van der Waals surface area contributed by atoms with Crippen LogP contribution in [0, 0.1) is 11.6 Å². The van der Waals surface area contributed by atoms with Crippen LogP contribution < -0.4 is 30.3 Å². The monoisotopic (exact) mass is 956 g/mol. The third-order valence-corrected chi connectivity index (χ3v) is 12.7. The molecule has 0 aliphatic carbocycles. The molecule has 3 N–H and O–H groups in total. The molecule has 4 aliphatic heterocycles. The normalized spacial score (nSPS) is 16.6. The maximum Gasteiger partial charge on any atom is 0.324 e. The lowest BCUT2D eigenvalue weighted by Crippen LogP contribution is -2.45. The van der Waals surface area contributed by atoms with E-state index in [1.807, 2.05) is 68.2 Å². The number of ether oxygens (including phenoxy) is 2. The van der Waals surface area contributed by atoms with Gasteiger partial charge in [0.15, 0.2) is 11.6 Å². The number of para-hydroxylation sites is 2. The third-order valence-electron chi connectivity index (χ3n) is 12.7. The molecule has 69 heavy (non-hydrogen) atoms. The lowest BCUT2D eigenvalue weighted by molar-refractivity contribution is -0.131. The van der Waals surface area contributed by atoms with Crippen LogP contribution >= 0.6 is 0 Å². The Morgan fingerprint density at radius 3 is 1.45 bits per heavy atom. The number of rotatable bonds is 12. The van der Waals surface area contributed by atoms with Crippen molar-refractivity contribution >= 4 is 40.9 Å². The molecule has 2 fully saturated rings. The average Bonchev–Trinajstić information content (AvgIpc) is 3.85. The standard InChI is InChI=1S/C27H30F3N3O4.C25H30FN3O3/c1-27(2)14-18-7-6-8-21(23(18)37-27)33(26(36)32-11-4-3-5-12-32)16-19-10-9-17(13-20(19)28)22(34)15-31-25(35)24(29)30;1-25(2)14-18-7-6-8-21(23(18)32-25)29(24(31)28-11-4-3-5-12-28)16-19-10-9-17(13-20(19)26)22(30)15-27/h6-10,13,24H,3-5,11-12,14-16H2,1-2H3,(H,31,35);6-10,13H,3-5,11-12,14-16,27H2,1-2H3. The smallest absolute Gasteiger partial charge is 0.324 e. The molecule has 4 heterocycles. The molecule has 13 nitrogen and oxygen atoms in total. The number of hydrogen-bond acceptors (Lipinski definition) is 8. The van der Waals surface area contributed by atoms with Gasteiger partial charge in [-0.15, -0.1) is 0 Å². The van der Waals surface area contributed by atoms with Crippen LogP contribution in [0.15, 0.2) is 72.8 Å². The largest absolute Gasteiger partial charge is 0.485 e. The van der Waals surface area contributed by atoms with Gasteiger partial charge in [0.25, 0.3) is 5.91 Å². The highest BCUT2D eigenvalue weighted by Crippen LogP contribution is 2.44. The molecule has 0 atom stereocenters. The predicted octanol–water partition coefficient (Wildman–Crippen LogP) is 9.01. The molecular formula is C52H60F4N6O7. The Hall–Kier alpha value is -6.49. The number of nitrogens with zero attached hydrogens (tertiary/aromatic N) is 4. The highest BCUT2D eigenvalue weighted by atomic mass is 19.3. The summed E-state index contributed by atoms with van der Waals surface area (Å²) in [6.45, 7) is 9.63. The highest BCUT2D eigenvalue weighted by molar-refractivity contribution is 6.00. The molecule has 8 rings (SSSR count). The van der Waals surface area contributed by atoms with Crippen LogP contribution in [0.1, 0.15) is 109 Å². The number of urea groups is 2. The molecular weight excluding hydrogens is 897 g/mol. The molecule has 17 heteroatoms. The van der Waals surface area contributed by atoms with Gasteiger partial charge in [-0.25, -0.2) is 18.4 Å². The molecule has 0 spiro atoms. The summed E-state index contributed by atoms with van der Waals surface area (Å²) in [5.41, 5.74) is 8.45. The highest BCUT2D eigenvalue weighted by Gasteiger charge is 2.37. The predicted molar refractivity (Wildman–Crippen MR) is 253 cm³/mol. The number of likely N-dealkylation sites (tertiary alicyclic amines) is 2. The SMILES string of the molecule is CC1(C)Cc2cccc(N(Cc3ccc(C(=O)CN)cc3F)C(=O)N3CCCCC3)c2O1.CC1(C)Cc2cccc(N(Cc3ccc(C(=O)CNC(=O)C(F)F)cc3F)C(=O)N3CCCCC3)c2O1. The Morgan fingerprint density at radius 2 is 1.06 bits per heavy atom. The topological polar surface area (TPSA) is 155 Å². The van der Waals surface area contributed by atoms with Gasteiger partial charge in [-0.3, -0.25) is 24.2 Å². The van der Waals surface area contributed by atoms with Gasteiger partial charge in [-0.05, 0) is 90.5 Å². The number of ketones is 2. The number of fused-ring (bicyclic) bond motifs is 2.